The zero-order valence-corrected chi connectivity index (χ0v) is 18.5. The molecule has 1 unspecified atom stereocenters. The summed E-state index contributed by atoms with van der Waals surface area (Å²) in [6.07, 6.45) is 2.87. The van der Waals surface area contributed by atoms with Crippen molar-refractivity contribution < 1.29 is 13.2 Å². The van der Waals surface area contributed by atoms with Crippen LogP contribution in [0.1, 0.15) is 30.9 Å². The summed E-state index contributed by atoms with van der Waals surface area (Å²) in [7, 11) is -3.51. The molecule has 0 spiro atoms. The highest BCUT2D eigenvalue weighted by atomic mass is 32.2. The third kappa shape index (κ3) is 6.39. The molecule has 1 saturated heterocycles. The van der Waals surface area contributed by atoms with Crippen LogP contribution in [0.15, 0.2) is 53.4 Å². The number of sulfonamides is 1. The summed E-state index contributed by atoms with van der Waals surface area (Å²) < 4.78 is 27.7. The summed E-state index contributed by atoms with van der Waals surface area (Å²) in [6, 6.07) is 14.7. The van der Waals surface area contributed by atoms with E-state index in [1.165, 1.54) is 5.56 Å². The van der Waals surface area contributed by atoms with E-state index >= 15 is 0 Å². The van der Waals surface area contributed by atoms with Gasteiger partial charge in [0.1, 0.15) is 0 Å². The van der Waals surface area contributed by atoms with Gasteiger partial charge in [-0.1, -0.05) is 36.8 Å². The van der Waals surface area contributed by atoms with Gasteiger partial charge in [0.05, 0.1) is 11.4 Å². The molecule has 1 atom stereocenters. The fourth-order valence-corrected chi connectivity index (χ4v) is 4.83. The van der Waals surface area contributed by atoms with Crippen LogP contribution in [-0.2, 0) is 21.2 Å². The molecule has 2 aromatic carbocycles. The number of nitrogens with zero attached hydrogens (tertiary/aromatic N) is 1. The van der Waals surface area contributed by atoms with Gasteiger partial charge in [-0.2, -0.15) is 0 Å². The van der Waals surface area contributed by atoms with Gasteiger partial charge in [-0.05, 0) is 68.5 Å². The predicted molar refractivity (Wildman–Crippen MR) is 120 cm³/mol. The van der Waals surface area contributed by atoms with Gasteiger partial charge in [-0.25, -0.2) is 13.1 Å². The lowest BCUT2D eigenvalue weighted by Gasteiger charge is -2.32. The van der Waals surface area contributed by atoms with Crippen molar-refractivity contribution in [3.8, 4) is 0 Å². The molecule has 0 saturated carbocycles. The van der Waals surface area contributed by atoms with Crippen LogP contribution in [0.2, 0.25) is 0 Å². The first-order chi connectivity index (χ1) is 14.4. The smallest absolute Gasteiger partial charge is 0.240 e. The first-order valence-corrected chi connectivity index (χ1v) is 12.0. The minimum Gasteiger partial charge on any atom is -0.325 e. The number of hydrogen-bond donors (Lipinski definition) is 2. The SMILES string of the molecule is CCc1ccc(NC(=O)CN2CCCC(CNS(=O)(=O)c3ccc(C)cc3)C2)cc1. The molecule has 30 heavy (non-hydrogen) atoms. The van der Waals surface area contributed by atoms with Crippen LogP contribution in [0.5, 0.6) is 0 Å². The molecule has 7 heteroatoms. The van der Waals surface area contributed by atoms with Gasteiger partial charge in [0, 0.05) is 18.8 Å². The number of hydrogen-bond acceptors (Lipinski definition) is 4. The Morgan fingerprint density at radius 3 is 2.47 bits per heavy atom. The average Bonchev–Trinajstić information content (AvgIpc) is 2.73. The second kappa shape index (κ2) is 10.2. The fourth-order valence-electron chi connectivity index (χ4n) is 3.72. The molecule has 0 bridgehead atoms. The Morgan fingerprint density at radius 2 is 1.80 bits per heavy atom. The number of carbonyl (C=O) groups excluding carboxylic acids is 1. The first-order valence-electron chi connectivity index (χ1n) is 10.5. The van der Waals surface area contributed by atoms with E-state index in [2.05, 4.69) is 21.9 Å². The number of carbonyl (C=O) groups is 1. The van der Waals surface area contributed by atoms with E-state index in [1.807, 2.05) is 31.2 Å². The maximum Gasteiger partial charge on any atom is 0.240 e. The lowest BCUT2D eigenvalue weighted by Crippen LogP contribution is -2.43. The monoisotopic (exact) mass is 429 g/mol. The molecule has 0 radical (unpaired) electrons. The summed E-state index contributed by atoms with van der Waals surface area (Å²) in [4.78, 5) is 14.8. The van der Waals surface area contributed by atoms with Crippen molar-refractivity contribution >= 4 is 21.6 Å². The minimum absolute atomic E-state index is 0.0415. The van der Waals surface area contributed by atoms with Crippen LogP contribution in [-0.4, -0.2) is 45.4 Å². The van der Waals surface area contributed by atoms with Gasteiger partial charge < -0.3 is 5.32 Å². The number of likely N-dealkylation sites (tertiary alicyclic amines) is 1. The number of aryl methyl sites for hydroxylation is 2. The van der Waals surface area contributed by atoms with Crippen molar-refractivity contribution in [1.29, 1.82) is 0 Å². The van der Waals surface area contributed by atoms with Gasteiger partial charge in [0.25, 0.3) is 0 Å². The molecule has 3 rings (SSSR count). The average molecular weight is 430 g/mol. The van der Waals surface area contributed by atoms with Gasteiger partial charge in [0.2, 0.25) is 15.9 Å². The summed E-state index contributed by atoms with van der Waals surface area (Å²) >= 11 is 0. The topological polar surface area (TPSA) is 78.5 Å². The van der Waals surface area contributed by atoms with Crippen LogP contribution in [0, 0.1) is 12.8 Å². The fraction of sp³-hybridized carbons (Fsp3) is 0.435. The van der Waals surface area contributed by atoms with Gasteiger partial charge in [-0.15, -0.1) is 0 Å². The molecule has 1 fully saturated rings. The molecule has 2 aromatic rings. The number of nitrogens with one attached hydrogen (secondary N) is 2. The molecule has 0 aliphatic carbocycles. The summed E-state index contributed by atoms with van der Waals surface area (Å²) in [5, 5.41) is 2.95. The van der Waals surface area contributed by atoms with Gasteiger partial charge in [0.15, 0.2) is 0 Å². The highest BCUT2D eigenvalue weighted by molar-refractivity contribution is 7.89. The van der Waals surface area contributed by atoms with E-state index in [0.29, 0.717) is 19.6 Å². The van der Waals surface area contributed by atoms with Crippen LogP contribution < -0.4 is 10.0 Å². The second-order valence-electron chi connectivity index (χ2n) is 8.01. The number of anilines is 1. The minimum atomic E-state index is -3.51. The highest BCUT2D eigenvalue weighted by Crippen LogP contribution is 2.18. The van der Waals surface area contributed by atoms with Gasteiger partial charge >= 0.3 is 0 Å². The molecule has 6 nitrogen and oxygen atoms in total. The van der Waals surface area contributed by atoms with Crippen molar-refractivity contribution in [3.63, 3.8) is 0 Å². The van der Waals surface area contributed by atoms with Crippen LogP contribution in [0.25, 0.3) is 0 Å². The molecule has 2 N–H and O–H groups in total. The molecule has 1 amide bonds. The lowest BCUT2D eigenvalue weighted by molar-refractivity contribution is -0.117. The maximum atomic E-state index is 12.5. The van der Waals surface area contributed by atoms with Crippen molar-refractivity contribution in [2.45, 2.75) is 38.0 Å². The Hall–Kier alpha value is -2.22. The van der Waals surface area contributed by atoms with E-state index in [-0.39, 0.29) is 16.7 Å². The quantitative estimate of drug-likeness (QED) is 0.676. The molecule has 0 aromatic heterocycles. The van der Waals surface area contributed by atoms with Crippen molar-refractivity contribution in [2.24, 2.45) is 5.92 Å². The standard InChI is InChI=1S/C23H31N3O3S/c1-3-19-8-10-21(11-9-19)25-23(27)17-26-14-4-5-20(16-26)15-24-30(28,29)22-12-6-18(2)7-13-22/h6-13,20,24H,3-5,14-17H2,1-2H3,(H,25,27). The maximum absolute atomic E-state index is 12.5. The Morgan fingerprint density at radius 1 is 1.10 bits per heavy atom. The molecule has 1 aliphatic heterocycles. The zero-order valence-electron chi connectivity index (χ0n) is 17.7. The summed E-state index contributed by atoms with van der Waals surface area (Å²) in [6.45, 7) is 6.28. The number of benzene rings is 2. The van der Waals surface area contributed by atoms with Crippen LogP contribution >= 0.6 is 0 Å². The van der Waals surface area contributed by atoms with Crippen molar-refractivity contribution in [1.82, 2.24) is 9.62 Å². The number of piperidine rings is 1. The van der Waals surface area contributed by atoms with E-state index in [1.54, 1.807) is 24.3 Å². The van der Waals surface area contributed by atoms with E-state index in [0.717, 1.165) is 37.1 Å². The second-order valence-corrected chi connectivity index (χ2v) is 9.77. The van der Waals surface area contributed by atoms with E-state index in [4.69, 9.17) is 0 Å². The van der Waals surface area contributed by atoms with Crippen molar-refractivity contribution in [3.05, 3.63) is 59.7 Å². The number of amides is 1. The van der Waals surface area contributed by atoms with Gasteiger partial charge in [-0.3, -0.25) is 9.69 Å². The number of rotatable bonds is 8. The lowest BCUT2D eigenvalue weighted by atomic mass is 9.98. The molecular formula is C23H31N3O3S. The zero-order chi connectivity index (χ0) is 21.6. The third-order valence-corrected chi connectivity index (χ3v) is 6.95. The molecule has 162 valence electrons. The largest absolute Gasteiger partial charge is 0.325 e. The van der Waals surface area contributed by atoms with E-state index in [9.17, 15) is 13.2 Å². The Bertz CT molecular complexity index is 941. The third-order valence-electron chi connectivity index (χ3n) is 5.51. The van der Waals surface area contributed by atoms with E-state index < -0.39 is 10.0 Å². The molecule has 1 heterocycles. The van der Waals surface area contributed by atoms with Crippen molar-refractivity contribution in [2.75, 3.05) is 31.5 Å². The van der Waals surface area contributed by atoms with Crippen LogP contribution in [0.3, 0.4) is 0 Å². The van der Waals surface area contributed by atoms with Crippen LogP contribution in [0.4, 0.5) is 5.69 Å². The normalized spacial score (nSPS) is 17.6. The summed E-state index contributed by atoms with van der Waals surface area (Å²) in [5.41, 5.74) is 3.06. The predicted octanol–water partition coefficient (Wildman–Crippen LogP) is 3.19. The molecular weight excluding hydrogens is 398 g/mol. The summed E-state index contributed by atoms with van der Waals surface area (Å²) in [5.74, 6) is 0.149. The Labute approximate surface area is 179 Å². The Balaban J connectivity index is 1.48. The molecule has 1 aliphatic rings. The first kappa shape index (κ1) is 22.5. The Kier molecular flexibility index (Phi) is 7.64. The highest BCUT2D eigenvalue weighted by Gasteiger charge is 2.23.